The van der Waals surface area contributed by atoms with Gasteiger partial charge in [0.05, 0.1) is 11.7 Å². The molecule has 2 aromatic heterocycles. The van der Waals surface area contributed by atoms with E-state index in [1.807, 2.05) is 24.7 Å². The van der Waals surface area contributed by atoms with E-state index in [0.29, 0.717) is 16.4 Å². The largest absolute Gasteiger partial charge is 0.340 e. The van der Waals surface area contributed by atoms with Crippen molar-refractivity contribution >= 4 is 28.3 Å². The van der Waals surface area contributed by atoms with Crippen LogP contribution in [-0.2, 0) is 11.8 Å². The summed E-state index contributed by atoms with van der Waals surface area (Å²) in [5.74, 6) is -1.05. The number of aromatic nitrogens is 3. The zero-order valence-corrected chi connectivity index (χ0v) is 17.5. The minimum atomic E-state index is -0.926. The molecule has 0 unspecified atom stereocenters. The summed E-state index contributed by atoms with van der Waals surface area (Å²) in [6.07, 6.45) is 3.70. The van der Waals surface area contributed by atoms with Crippen LogP contribution in [0.5, 0.6) is 0 Å². The van der Waals surface area contributed by atoms with Crippen LogP contribution in [0, 0.1) is 11.6 Å². The highest BCUT2D eigenvalue weighted by Crippen LogP contribution is 2.26. The van der Waals surface area contributed by atoms with E-state index in [-0.39, 0.29) is 11.9 Å². The van der Waals surface area contributed by atoms with Crippen LogP contribution in [0.25, 0.3) is 11.3 Å². The van der Waals surface area contributed by atoms with Gasteiger partial charge in [-0.25, -0.2) is 18.7 Å². The van der Waals surface area contributed by atoms with Crippen molar-refractivity contribution < 1.29 is 13.6 Å². The number of piperazine rings is 1. The van der Waals surface area contributed by atoms with Gasteiger partial charge in [-0.1, -0.05) is 0 Å². The number of benzene rings is 1. The molecule has 1 aliphatic rings. The van der Waals surface area contributed by atoms with Crippen LogP contribution in [0.4, 0.5) is 19.9 Å². The maximum Gasteiger partial charge on any atom is 0.243 e. The van der Waals surface area contributed by atoms with Crippen molar-refractivity contribution in [1.82, 2.24) is 19.4 Å². The summed E-state index contributed by atoms with van der Waals surface area (Å²) < 4.78 is 28.6. The lowest BCUT2D eigenvalue weighted by Gasteiger charge is -2.37. The number of aryl methyl sites for hydroxylation is 1. The quantitative estimate of drug-likeness (QED) is 0.672. The summed E-state index contributed by atoms with van der Waals surface area (Å²) in [6, 6.07) is 3.31. The van der Waals surface area contributed by atoms with E-state index in [9.17, 15) is 13.6 Å². The SMILES string of the molecule is C[C@@H](C(=O)Nc1nc(-c2ccc(F)c(F)c2)cs1)N1CCN(c2nccn2C)CC1. The Morgan fingerprint density at radius 1 is 1.20 bits per heavy atom. The van der Waals surface area contributed by atoms with Gasteiger partial charge in [-0.3, -0.25) is 9.69 Å². The highest BCUT2D eigenvalue weighted by molar-refractivity contribution is 7.14. The Labute approximate surface area is 177 Å². The molecule has 1 fully saturated rings. The average molecular weight is 433 g/mol. The molecule has 1 saturated heterocycles. The molecule has 158 valence electrons. The molecule has 3 heterocycles. The fraction of sp³-hybridized carbons (Fsp3) is 0.350. The molecule has 1 N–H and O–H groups in total. The lowest BCUT2D eigenvalue weighted by molar-refractivity contribution is -0.120. The number of hydrogen-bond acceptors (Lipinski definition) is 6. The lowest BCUT2D eigenvalue weighted by Crippen LogP contribution is -2.53. The monoisotopic (exact) mass is 432 g/mol. The topological polar surface area (TPSA) is 66.3 Å². The molecule has 4 rings (SSSR count). The third-order valence-electron chi connectivity index (χ3n) is 5.27. The Morgan fingerprint density at radius 2 is 1.97 bits per heavy atom. The van der Waals surface area contributed by atoms with Crippen molar-refractivity contribution in [1.29, 1.82) is 0 Å². The van der Waals surface area contributed by atoms with Gasteiger partial charge in [0, 0.05) is 56.6 Å². The highest BCUT2D eigenvalue weighted by atomic mass is 32.1. The van der Waals surface area contributed by atoms with E-state index >= 15 is 0 Å². The molecule has 0 saturated carbocycles. The van der Waals surface area contributed by atoms with Gasteiger partial charge in [-0.15, -0.1) is 11.3 Å². The van der Waals surface area contributed by atoms with Gasteiger partial charge in [0.2, 0.25) is 11.9 Å². The third kappa shape index (κ3) is 4.19. The molecule has 0 aliphatic carbocycles. The summed E-state index contributed by atoms with van der Waals surface area (Å²) in [7, 11) is 1.97. The standard InChI is InChI=1S/C20H22F2N6OS/c1-13(27-7-9-28(10-8-27)20-23-5-6-26(20)2)18(29)25-19-24-17(12-30-19)14-3-4-15(21)16(22)11-14/h3-6,11-13H,7-10H2,1-2H3,(H,24,25,29)/t13-/m0/s1. The van der Waals surface area contributed by atoms with Crippen molar-refractivity contribution in [2.24, 2.45) is 7.05 Å². The predicted molar refractivity (Wildman–Crippen MR) is 113 cm³/mol. The van der Waals surface area contributed by atoms with Crippen LogP contribution in [0.2, 0.25) is 0 Å². The maximum atomic E-state index is 13.4. The van der Waals surface area contributed by atoms with Crippen LogP contribution >= 0.6 is 11.3 Å². The Hall–Kier alpha value is -2.85. The van der Waals surface area contributed by atoms with Crippen LogP contribution in [0.3, 0.4) is 0 Å². The van der Waals surface area contributed by atoms with Crippen LogP contribution in [-0.4, -0.2) is 57.6 Å². The Kier molecular flexibility index (Phi) is 5.78. The number of carbonyl (C=O) groups excluding carboxylic acids is 1. The second kappa shape index (κ2) is 8.49. The van der Waals surface area contributed by atoms with Gasteiger partial charge in [0.1, 0.15) is 0 Å². The summed E-state index contributed by atoms with van der Waals surface area (Å²) >= 11 is 1.25. The second-order valence-electron chi connectivity index (χ2n) is 7.19. The van der Waals surface area contributed by atoms with Gasteiger partial charge >= 0.3 is 0 Å². The number of nitrogens with one attached hydrogen (secondary N) is 1. The molecule has 0 bridgehead atoms. The van der Waals surface area contributed by atoms with E-state index in [0.717, 1.165) is 44.3 Å². The van der Waals surface area contributed by atoms with Crippen LogP contribution in [0.15, 0.2) is 36.0 Å². The average Bonchev–Trinajstić information content (AvgIpc) is 3.38. The van der Waals surface area contributed by atoms with E-state index in [4.69, 9.17) is 0 Å². The van der Waals surface area contributed by atoms with Gasteiger partial charge in [0.15, 0.2) is 16.8 Å². The zero-order chi connectivity index (χ0) is 21.3. The lowest BCUT2D eigenvalue weighted by atomic mass is 10.2. The first-order chi connectivity index (χ1) is 14.4. The predicted octanol–water partition coefficient (Wildman–Crippen LogP) is 2.97. The Balaban J connectivity index is 1.34. The highest BCUT2D eigenvalue weighted by Gasteiger charge is 2.27. The van der Waals surface area contributed by atoms with Gasteiger partial charge in [-0.05, 0) is 25.1 Å². The molecule has 3 aromatic rings. The molecule has 10 heteroatoms. The van der Waals surface area contributed by atoms with Crippen molar-refractivity contribution in [3.63, 3.8) is 0 Å². The summed E-state index contributed by atoms with van der Waals surface area (Å²) in [6.45, 7) is 4.95. The van der Waals surface area contributed by atoms with E-state index in [2.05, 4.69) is 25.1 Å². The number of amides is 1. The fourth-order valence-electron chi connectivity index (χ4n) is 3.47. The van der Waals surface area contributed by atoms with Crippen LogP contribution < -0.4 is 10.2 Å². The first-order valence-electron chi connectivity index (χ1n) is 9.60. The number of rotatable bonds is 5. The summed E-state index contributed by atoms with van der Waals surface area (Å²) in [5, 5.41) is 4.97. The molecule has 1 aromatic carbocycles. The molecule has 7 nitrogen and oxygen atoms in total. The molecular weight excluding hydrogens is 410 g/mol. The minimum absolute atomic E-state index is 0.147. The van der Waals surface area contributed by atoms with E-state index in [1.165, 1.54) is 17.4 Å². The number of nitrogens with zero attached hydrogens (tertiary/aromatic N) is 5. The minimum Gasteiger partial charge on any atom is -0.340 e. The fourth-order valence-corrected chi connectivity index (χ4v) is 4.19. The Bertz CT molecular complexity index is 1040. The first kappa shape index (κ1) is 20.4. The molecule has 1 atom stereocenters. The van der Waals surface area contributed by atoms with Crippen molar-refractivity contribution in [3.8, 4) is 11.3 Å². The van der Waals surface area contributed by atoms with Gasteiger partial charge in [0.25, 0.3) is 0 Å². The number of halogens is 2. The van der Waals surface area contributed by atoms with E-state index < -0.39 is 11.6 Å². The number of thiazole rings is 1. The number of hydrogen-bond donors (Lipinski definition) is 1. The Morgan fingerprint density at radius 3 is 2.63 bits per heavy atom. The van der Waals surface area contributed by atoms with Crippen LogP contribution in [0.1, 0.15) is 6.92 Å². The van der Waals surface area contributed by atoms with Gasteiger partial charge in [-0.2, -0.15) is 0 Å². The smallest absolute Gasteiger partial charge is 0.243 e. The molecule has 0 spiro atoms. The van der Waals surface area contributed by atoms with Crippen molar-refractivity contribution in [2.75, 3.05) is 36.4 Å². The zero-order valence-electron chi connectivity index (χ0n) is 16.7. The maximum absolute atomic E-state index is 13.4. The summed E-state index contributed by atoms with van der Waals surface area (Å²) in [4.78, 5) is 25.7. The van der Waals surface area contributed by atoms with E-state index in [1.54, 1.807) is 11.6 Å². The molecule has 30 heavy (non-hydrogen) atoms. The molecule has 1 amide bonds. The number of anilines is 2. The molecular formula is C20H22F2N6OS. The van der Waals surface area contributed by atoms with Crippen molar-refractivity contribution in [2.45, 2.75) is 13.0 Å². The number of imidazole rings is 1. The normalized spacial score (nSPS) is 15.9. The third-order valence-corrected chi connectivity index (χ3v) is 6.03. The first-order valence-corrected chi connectivity index (χ1v) is 10.5. The van der Waals surface area contributed by atoms with Crippen molar-refractivity contribution in [3.05, 3.63) is 47.6 Å². The number of carbonyl (C=O) groups is 1. The van der Waals surface area contributed by atoms with Gasteiger partial charge < -0.3 is 14.8 Å². The second-order valence-corrected chi connectivity index (χ2v) is 8.05. The molecule has 1 aliphatic heterocycles. The summed E-state index contributed by atoms with van der Waals surface area (Å²) in [5.41, 5.74) is 0.953. The molecule has 0 radical (unpaired) electrons.